The van der Waals surface area contributed by atoms with E-state index in [2.05, 4.69) is 49.8 Å². The molecule has 0 aliphatic carbocycles. The SMILES string of the molecule is Cc1ccc2[nH]c(CCC(=O)N3CCc4oc(C(C)C)nc4C3)nc2c1C.O=CO. The number of benzene rings is 1. The second kappa shape index (κ2) is 9.11. The number of nitrogens with one attached hydrogen (secondary N) is 1. The Kier molecular flexibility index (Phi) is 6.54. The summed E-state index contributed by atoms with van der Waals surface area (Å²) < 4.78 is 5.82. The third-order valence-electron chi connectivity index (χ3n) is 5.39. The highest BCUT2D eigenvalue weighted by molar-refractivity contribution is 5.80. The maximum atomic E-state index is 12.7. The van der Waals surface area contributed by atoms with Gasteiger partial charge in [-0.2, -0.15) is 0 Å². The van der Waals surface area contributed by atoms with Crippen LogP contribution >= 0.6 is 0 Å². The number of amides is 1. The summed E-state index contributed by atoms with van der Waals surface area (Å²) in [6.45, 7) is 9.29. The number of hydrogen-bond donors (Lipinski definition) is 2. The van der Waals surface area contributed by atoms with Crippen LogP contribution in [0.1, 0.15) is 60.5 Å². The Hall–Kier alpha value is -3.16. The van der Waals surface area contributed by atoms with E-state index in [4.69, 9.17) is 19.3 Å². The number of carbonyl (C=O) groups is 2. The van der Waals surface area contributed by atoms with Crippen LogP contribution in [-0.2, 0) is 29.0 Å². The number of carbonyl (C=O) groups excluding carboxylic acids is 1. The first kappa shape index (κ1) is 21.5. The lowest BCUT2D eigenvalue weighted by Gasteiger charge is -2.25. The quantitative estimate of drug-likeness (QED) is 0.634. The van der Waals surface area contributed by atoms with Crippen molar-refractivity contribution in [1.29, 1.82) is 0 Å². The third kappa shape index (κ3) is 4.53. The molecule has 3 aromatic rings. The molecule has 0 saturated heterocycles. The summed E-state index contributed by atoms with van der Waals surface area (Å²) in [5.74, 6) is 2.98. The van der Waals surface area contributed by atoms with Gasteiger partial charge in [0.25, 0.3) is 6.47 Å². The molecule has 0 fully saturated rings. The summed E-state index contributed by atoms with van der Waals surface area (Å²) in [6, 6.07) is 4.15. The summed E-state index contributed by atoms with van der Waals surface area (Å²) >= 11 is 0. The van der Waals surface area contributed by atoms with Crippen LogP contribution in [0.5, 0.6) is 0 Å². The van der Waals surface area contributed by atoms with Gasteiger partial charge in [-0.3, -0.25) is 9.59 Å². The van der Waals surface area contributed by atoms with Gasteiger partial charge in [-0.1, -0.05) is 19.9 Å². The van der Waals surface area contributed by atoms with Crippen molar-refractivity contribution in [2.45, 2.75) is 59.4 Å². The van der Waals surface area contributed by atoms with Crippen molar-refractivity contribution in [3.63, 3.8) is 0 Å². The topological polar surface area (TPSA) is 112 Å². The van der Waals surface area contributed by atoms with E-state index in [1.807, 2.05) is 4.90 Å². The summed E-state index contributed by atoms with van der Waals surface area (Å²) in [5.41, 5.74) is 5.37. The molecule has 3 heterocycles. The standard InChI is InChI=1S/C21H26N4O2.CH2O2/c1-12(2)21-23-16-11-25(10-9-17(16)27-21)19(26)8-7-18-22-15-6-5-13(3)14(4)20(15)24-18;2-1-3/h5-6,12H,7-11H2,1-4H3,(H,22,24);1H,(H,2,3). The number of rotatable bonds is 4. The van der Waals surface area contributed by atoms with Gasteiger partial charge in [-0.25, -0.2) is 9.97 Å². The summed E-state index contributed by atoms with van der Waals surface area (Å²) in [6.07, 6.45) is 1.80. The smallest absolute Gasteiger partial charge is 0.290 e. The fourth-order valence-corrected chi connectivity index (χ4v) is 3.54. The normalized spacial score (nSPS) is 13.2. The minimum absolute atomic E-state index is 0.142. The number of H-pyrrole nitrogens is 1. The van der Waals surface area contributed by atoms with Gasteiger partial charge in [0.1, 0.15) is 17.3 Å². The van der Waals surface area contributed by atoms with E-state index >= 15 is 0 Å². The molecule has 0 atom stereocenters. The highest BCUT2D eigenvalue weighted by Crippen LogP contribution is 2.24. The Bertz CT molecular complexity index is 1050. The molecule has 30 heavy (non-hydrogen) atoms. The Morgan fingerprint density at radius 3 is 2.77 bits per heavy atom. The number of nitrogens with zero attached hydrogens (tertiary/aromatic N) is 3. The molecule has 2 N–H and O–H groups in total. The lowest BCUT2D eigenvalue weighted by Crippen LogP contribution is -2.36. The molecule has 0 unspecified atom stereocenters. The minimum Gasteiger partial charge on any atom is -0.483 e. The molecule has 8 heteroatoms. The summed E-state index contributed by atoms with van der Waals surface area (Å²) in [4.78, 5) is 35.5. The van der Waals surface area contributed by atoms with Crippen molar-refractivity contribution in [3.05, 3.63) is 46.4 Å². The molecule has 1 aromatic carbocycles. The Morgan fingerprint density at radius 2 is 2.07 bits per heavy atom. The van der Waals surface area contributed by atoms with Crippen LogP contribution in [0.2, 0.25) is 0 Å². The summed E-state index contributed by atoms with van der Waals surface area (Å²) in [5, 5.41) is 6.89. The van der Waals surface area contributed by atoms with Crippen LogP contribution < -0.4 is 0 Å². The fraction of sp³-hybridized carbons (Fsp3) is 0.455. The van der Waals surface area contributed by atoms with Gasteiger partial charge in [-0.15, -0.1) is 0 Å². The average Bonchev–Trinajstić information content (AvgIpc) is 3.33. The number of carboxylic acid groups (broad SMARTS) is 1. The first-order chi connectivity index (χ1) is 14.3. The zero-order valence-electron chi connectivity index (χ0n) is 17.9. The van der Waals surface area contributed by atoms with Crippen LogP contribution in [0.4, 0.5) is 0 Å². The Morgan fingerprint density at radius 1 is 1.33 bits per heavy atom. The predicted octanol–water partition coefficient (Wildman–Crippen LogP) is 3.51. The molecule has 160 valence electrons. The van der Waals surface area contributed by atoms with Crippen molar-refractivity contribution < 1.29 is 19.1 Å². The van der Waals surface area contributed by atoms with E-state index in [1.54, 1.807) is 0 Å². The number of fused-ring (bicyclic) bond motifs is 2. The first-order valence-electron chi connectivity index (χ1n) is 10.1. The molecule has 8 nitrogen and oxygen atoms in total. The maximum Gasteiger partial charge on any atom is 0.290 e. The molecule has 2 aromatic heterocycles. The zero-order valence-corrected chi connectivity index (χ0v) is 17.9. The molecule has 1 amide bonds. The lowest BCUT2D eigenvalue weighted by molar-refractivity contribution is -0.132. The number of aromatic amines is 1. The lowest BCUT2D eigenvalue weighted by atomic mass is 10.1. The van der Waals surface area contributed by atoms with Gasteiger partial charge in [0.2, 0.25) is 5.91 Å². The van der Waals surface area contributed by atoms with E-state index in [9.17, 15) is 4.79 Å². The van der Waals surface area contributed by atoms with E-state index in [-0.39, 0.29) is 18.3 Å². The minimum atomic E-state index is -0.250. The van der Waals surface area contributed by atoms with Crippen molar-refractivity contribution in [2.24, 2.45) is 0 Å². The highest BCUT2D eigenvalue weighted by atomic mass is 16.4. The molecular weight excluding hydrogens is 384 g/mol. The highest BCUT2D eigenvalue weighted by Gasteiger charge is 2.26. The van der Waals surface area contributed by atoms with Gasteiger partial charge >= 0.3 is 0 Å². The molecule has 1 aliphatic rings. The predicted molar refractivity (Wildman–Crippen MR) is 112 cm³/mol. The fourth-order valence-electron chi connectivity index (χ4n) is 3.54. The van der Waals surface area contributed by atoms with Crippen LogP contribution in [0.25, 0.3) is 11.0 Å². The molecule has 0 bridgehead atoms. The third-order valence-corrected chi connectivity index (χ3v) is 5.39. The van der Waals surface area contributed by atoms with Crippen molar-refractivity contribution in [2.75, 3.05) is 6.54 Å². The number of aromatic nitrogens is 3. The molecule has 0 saturated carbocycles. The number of oxazole rings is 1. The van der Waals surface area contributed by atoms with Gasteiger partial charge in [0, 0.05) is 31.7 Å². The molecular formula is C22H28N4O4. The molecule has 4 rings (SSSR count). The largest absolute Gasteiger partial charge is 0.483 e. The summed E-state index contributed by atoms with van der Waals surface area (Å²) in [7, 11) is 0. The van der Waals surface area contributed by atoms with E-state index in [1.165, 1.54) is 11.1 Å². The van der Waals surface area contributed by atoms with E-state index in [0.29, 0.717) is 25.9 Å². The second-order valence-electron chi connectivity index (χ2n) is 7.83. The van der Waals surface area contributed by atoms with Crippen LogP contribution in [0, 0.1) is 13.8 Å². The Labute approximate surface area is 175 Å². The van der Waals surface area contributed by atoms with Gasteiger partial charge in [0.15, 0.2) is 5.89 Å². The van der Waals surface area contributed by atoms with Crippen molar-refractivity contribution in [1.82, 2.24) is 19.9 Å². The molecule has 0 spiro atoms. The average molecular weight is 412 g/mol. The van der Waals surface area contributed by atoms with Crippen molar-refractivity contribution in [3.8, 4) is 0 Å². The van der Waals surface area contributed by atoms with Crippen LogP contribution in [-0.4, -0.2) is 43.9 Å². The number of hydrogen-bond acceptors (Lipinski definition) is 5. The molecule has 0 radical (unpaired) electrons. The first-order valence-corrected chi connectivity index (χ1v) is 10.1. The van der Waals surface area contributed by atoms with Crippen molar-refractivity contribution >= 4 is 23.4 Å². The monoisotopic (exact) mass is 412 g/mol. The van der Waals surface area contributed by atoms with E-state index in [0.717, 1.165) is 40.6 Å². The number of aryl methyl sites for hydroxylation is 3. The zero-order chi connectivity index (χ0) is 21.8. The van der Waals surface area contributed by atoms with Crippen LogP contribution in [0.3, 0.4) is 0 Å². The molecule has 1 aliphatic heterocycles. The number of imidazole rings is 1. The van der Waals surface area contributed by atoms with Gasteiger partial charge in [-0.05, 0) is 31.0 Å². The Balaban J connectivity index is 0.000000806. The van der Waals surface area contributed by atoms with E-state index < -0.39 is 0 Å². The van der Waals surface area contributed by atoms with Crippen LogP contribution in [0.15, 0.2) is 16.5 Å². The second-order valence-corrected chi connectivity index (χ2v) is 7.83. The van der Waals surface area contributed by atoms with Gasteiger partial charge in [0.05, 0.1) is 17.6 Å². The maximum absolute atomic E-state index is 12.7. The van der Waals surface area contributed by atoms with Gasteiger partial charge < -0.3 is 19.4 Å².